The zero-order valence-electron chi connectivity index (χ0n) is 10.6. The van der Waals surface area contributed by atoms with Crippen LogP contribution < -0.4 is 0 Å². The fourth-order valence-electron chi connectivity index (χ4n) is 1.98. The Labute approximate surface area is 129 Å². The van der Waals surface area contributed by atoms with Crippen molar-refractivity contribution < 1.29 is 9.90 Å². The number of carboxylic acid groups (broad SMARTS) is 1. The summed E-state index contributed by atoms with van der Waals surface area (Å²) in [4.78, 5) is 15.6. The Morgan fingerprint density at radius 1 is 1.25 bits per heavy atom. The van der Waals surface area contributed by atoms with E-state index in [0.29, 0.717) is 10.8 Å². The average molecular weight is 323 g/mol. The smallest absolute Gasteiger partial charge is 0.335 e. The van der Waals surface area contributed by atoms with E-state index in [1.165, 1.54) is 16.5 Å². The summed E-state index contributed by atoms with van der Waals surface area (Å²) in [5.74, 6) is 2.66. The van der Waals surface area contributed by atoms with Gasteiger partial charge in [0.2, 0.25) is 0 Å². The molecule has 104 valence electrons. The van der Waals surface area contributed by atoms with E-state index in [9.17, 15) is 4.79 Å². The Hall–Kier alpha value is -0.980. The lowest BCUT2D eigenvalue weighted by atomic mass is 10.1. The minimum Gasteiger partial charge on any atom is -0.478 e. The summed E-state index contributed by atoms with van der Waals surface area (Å²) in [5, 5.41) is 12.6. The van der Waals surface area contributed by atoms with Crippen molar-refractivity contribution in [3.05, 3.63) is 40.2 Å². The van der Waals surface area contributed by atoms with Gasteiger partial charge in [-0.1, -0.05) is 12.1 Å². The second-order valence-corrected chi connectivity index (χ2v) is 7.74. The molecule has 1 atom stereocenters. The van der Waals surface area contributed by atoms with Crippen molar-refractivity contribution in [1.82, 2.24) is 4.98 Å². The number of aromatic nitrogens is 1. The quantitative estimate of drug-likeness (QED) is 0.924. The lowest BCUT2D eigenvalue weighted by Gasteiger charge is -2.18. The van der Waals surface area contributed by atoms with Gasteiger partial charge in [0.1, 0.15) is 5.01 Å². The molecule has 3 rings (SSSR count). The van der Waals surface area contributed by atoms with E-state index < -0.39 is 5.97 Å². The molecule has 1 aliphatic heterocycles. The van der Waals surface area contributed by atoms with Crippen molar-refractivity contribution in [2.75, 3.05) is 17.3 Å². The van der Waals surface area contributed by atoms with Crippen LogP contribution in [0.4, 0.5) is 0 Å². The number of nitrogens with zero attached hydrogens (tertiary/aromatic N) is 1. The number of rotatable bonds is 3. The Morgan fingerprint density at radius 2 is 2.05 bits per heavy atom. The van der Waals surface area contributed by atoms with Crippen LogP contribution in [-0.4, -0.2) is 33.3 Å². The predicted octanol–water partition coefficient (Wildman–Crippen LogP) is 4.03. The molecular weight excluding hydrogens is 310 g/mol. The highest BCUT2D eigenvalue weighted by molar-refractivity contribution is 8.06. The molecule has 1 aromatic heterocycles. The first-order valence-electron chi connectivity index (χ1n) is 6.22. The molecule has 1 N–H and O–H groups in total. The van der Waals surface area contributed by atoms with Crippen LogP contribution in [0, 0.1) is 0 Å². The number of carboxylic acids is 1. The van der Waals surface area contributed by atoms with Gasteiger partial charge in [-0.25, -0.2) is 9.78 Å². The fourth-order valence-corrected chi connectivity index (χ4v) is 5.81. The minimum absolute atomic E-state index is 0.309. The van der Waals surface area contributed by atoms with Crippen molar-refractivity contribution in [3.63, 3.8) is 0 Å². The van der Waals surface area contributed by atoms with Gasteiger partial charge in [0.05, 0.1) is 16.5 Å². The highest BCUT2D eigenvalue weighted by atomic mass is 32.2. The number of hydrogen-bond acceptors (Lipinski definition) is 5. The molecule has 0 bridgehead atoms. The second-order valence-electron chi connectivity index (χ2n) is 4.39. The zero-order chi connectivity index (χ0) is 13.9. The van der Waals surface area contributed by atoms with Gasteiger partial charge in [-0.05, 0) is 12.1 Å². The largest absolute Gasteiger partial charge is 0.478 e. The standard InChI is InChI=1S/C14H13NO2S3/c16-14(17)10-3-1-9(2-4-10)11-7-20-13(15-11)12-8-18-5-6-19-12/h1-4,7,12H,5-6,8H2,(H,16,17). The average Bonchev–Trinajstić information content (AvgIpc) is 2.98. The first-order valence-corrected chi connectivity index (χ1v) is 9.31. The molecule has 1 unspecified atom stereocenters. The van der Waals surface area contributed by atoms with Gasteiger partial charge in [0.25, 0.3) is 0 Å². The van der Waals surface area contributed by atoms with E-state index in [-0.39, 0.29) is 0 Å². The Kier molecular flexibility index (Phi) is 4.33. The minimum atomic E-state index is -0.897. The number of benzene rings is 1. The number of thioether (sulfide) groups is 2. The first-order chi connectivity index (χ1) is 9.74. The second kappa shape index (κ2) is 6.20. The van der Waals surface area contributed by atoms with Crippen LogP contribution in [-0.2, 0) is 0 Å². The maximum Gasteiger partial charge on any atom is 0.335 e. The lowest BCUT2D eigenvalue weighted by molar-refractivity contribution is 0.0697. The van der Waals surface area contributed by atoms with Gasteiger partial charge in [-0.3, -0.25) is 0 Å². The van der Waals surface area contributed by atoms with Crippen molar-refractivity contribution in [3.8, 4) is 11.3 Å². The predicted molar refractivity (Wildman–Crippen MR) is 87.0 cm³/mol. The van der Waals surface area contributed by atoms with E-state index in [0.717, 1.165) is 17.0 Å². The molecule has 1 aromatic carbocycles. The van der Waals surface area contributed by atoms with Gasteiger partial charge in [0.15, 0.2) is 0 Å². The molecule has 6 heteroatoms. The van der Waals surface area contributed by atoms with E-state index in [1.54, 1.807) is 23.5 Å². The lowest BCUT2D eigenvalue weighted by Crippen LogP contribution is -2.06. The van der Waals surface area contributed by atoms with Gasteiger partial charge in [-0.15, -0.1) is 23.1 Å². The van der Waals surface area contributed by atoms with Gasteiger partial charge < -0.3 is 5.11 Å². The van der Waals surface area contributed by atoms with Gasteiger partial charge >= 0.3 is 5.97 Å². The van der Waals surface area contributed by atoms with Crippen LogP contribution in [0.25, 0.3) is 11.3 Å². The van der Waals surface area contributed by atoms with Crippen LogP contribution in [0.5, 0.6) is 0 Å². The summed E-state index contributed by atoms with van der Waals surface area (Å²) in [6, 6.07) is 6.90. The molecule has 0 saturated carbocycles. The molecule has 3 nitrogen and oxygen atoms in total. The molecule has 1 saturated heterocycles. The third-order valence-electron chi connectivity index (χ3n) is 3.04. The maximum atomic E-state index is 10.8. The SMILES string of the molecule is O=C(O)c1ccc(-c2csc(C3CSCCS3)n2)cc1. The van der Waals surface area contributed by atoms with Crippen LogP contribution in [0.3, 0.4) is 0 Å². The molecule has 20 heavy (non-hydrogen) atoms. The van der Waals surface area contributed by atoms with E-state index >= 15 is 0 Å². The molecule has 2 aromatic rings. The molecule has 1 fully saturated rings. The van der Waals surface area contributed by atoms with Crippen LogP contribution >= 0.6 is 34.9 Å². The molecule has 1 aliphatic rings. The summed E-state index contributed by atoms with van der Waals surface area (Å²) < 4.78 is 0. The number of thiazole rings is 1. The third-order valence-corrected chi connectivity index (χ3v) is 6.91. The first kappa shape index (κ1) is 14.0. The zero-order valence-corrected chi connectivity index (χ0v) is 13.1. The van der Waals surface area contributed by atoms with Crippen molar-refractivity contribution in [2.45, 2.75) is 5.25 Å². The highest BCUT2D eigenvalue weighted by Gasteiger charge is 2.20. The molecule has 0 spiro atoms. The Morgan fingerprint density at radius 3 is 2.70 bits per heavy atom. The Bertz CT molecular complexity index is 603. The third kappa shape index (κ3) is 3.02. The van der Waals surface area contributed by atoms with Crippen LogP contribution in [0.15, 0.2) is 29.6 Å². The summed E-state index contributed by atoms with van der Waals surface area (Å²) >= 11 is 5.67. The van der Waals surface area contributed by atoms with Gasteiger partial charge in [-0.2, -0.15) is 11.8 Å². The topological polar surface area (TPSA) is 50.2 Å². The molecule has 0 amide bonds. The van der Waals surface area contributed by atoms with Crippen molar-refractivity contribution in [2.24, 2.45) is 0 Å². The van der Waals surface area contributed by atoms with Crippen LogP contribution in [0.2, 0.25) is 0 Å². The summed E-state index contributed by atoms with van der Waals surface area (Å²) in [6.45, 7) is 0. The molecule has 2 heterocycles. The fraction of sp³-hybridized carbons (Fsp3) is 0.286. The van der Waals surface area contributed by atoms with E-state index in [4.69, 9.17) is 10.1 Å². The highest BCUT2D eigenvalue weighted by Crippen LogP contribution is 2.39. The summed E-state index contributed by atoms with van der Waals surface area (Å²) in [7, 11) is 0. The normalized spacial score (nSPS) is 18.9. The number of aromatic carboxylic acids is 1. The van der Waals surface area contributed by atoms with Gasteiger partial charge in [0, 0.05) is 28.2 Å². The Balaban J connectivity index is 1.80. The molecule has 0 radical (unpaired) electrons. The molecular formula is C14H13NO2S3. The van der Waals surface area contributed by atoms with E-state index in [1.807, 2.05) is 35.7 Å². The maximum absolute atomic E-state index is 10.8. The number of carbonyl (C=O) groups is 1. The van der Waals surface area contributed by atoms with Crippen LogP contribution in [0.1, 0.15) is 20.6 Å². The summed E-state index contributed by atoms with van der Waals surface area (Å²) in [6.07, 6.45) is 0. The van der Waals surface area contributed by atoms with E-state index in [2.05, 4.69) is 5.38 Å². The van der Waals surface area contributed by atoms with Crippen molar-refractivity contribution >= 4 is 40.8 Å². The monoisotopic (exact) mass is 323 g/mol. The summed E-state index contributed by atoms with van der Waals surface area (Å²) in [5.41, 5.74) is 2.23. The van der Waals surface area contributed by atoms with Crippen molar-refractivity contribution in [1.29, 1.82) is 0 Å². The molecule has 0 aliphatic carbocycles. The number of hydrogen-bond donors (Lipinski definition) is 1.